The van der Waals surface area contributed by atoms with Crippen molar-refractivity contribution in [2.24, 2.45) is 28.6 Å². The number of fused-ring (bicyclic) bond motifs is 2. The van der Waals surface area contributed by atoms with Crippen LogP contribution >= 0.6 is 0 Å². The van der Waals surface area contributed by atoms with E-state index in [1.165, 1.54) is 23.6 Å². The molecule has 1 saturated heterocycles. The predicted octanol–water partition coefficient (Wildman–Crippen LogP) is 6.68. The van der Waals surface area contributed by atoms with Crippen LogP contribution in [0.5, 0.6) is 0 Å². The molecule has 0 bridgehead atoms. The van der Waals surface area contributed by atoms with Crippen molar-refractivity contribution < 1.29 is 9.59 Å². The van der Waals surface area contributed by atoms with Gasteiger partial charge in [-0.1, -0.05) is 111 Å². The minimum Gasteiger partial charge on any atom is -0.369 e. The van der Waals surface area contributed by atoms with Crippen LogP contribution < -0.4 is 21.3 Å². The Bertz CT molecular complexity index is 1390. The van der Waals surface area contributed by atoms with Gasteiger partial charge in [-0.15, -0.1) is 0 Å². The van der Waals surface area contributed by atoms with Crippen LogP contribution in [0.3, 0.4) is 0 Å². The van der Waals surface area contributed by atoms with Gasteiger partial charge < -0.3 is 26.2 Å². The number of likely N-dealkylation sites (N-methyl/N-ethyl adjacent to an activating group) is 1. The van der Waals surface area contributed by atoms with Gasteiger partial charge in [0, 0.05) is 30.4 Å². The van der Waals surface area contributed by atoms with Gasteiger partial charge in [0.25, 0.3) is 0 Å². The van der Waals surface area contributed by atoms with E-state index < -0.39 is 0 Å². The summed E-state index contributed by atoms with van der Waals surface area (Å²) in [5, 5.41) is 14.1. The van der Waals surface area contributed by atoms with Crippen LogP contribution in [0.4, 0.5) is 0 Å². The SMILES string of the molecule is C=C(CCC(NC(=C)NC(C(=C)N1C[C@H]2[C@@H](C1C(=O)NC(CCCC)C(=C)C(C)=O)C2(C)C)C1Cc2ccccc2C1)C(C)(C)C)CNC. The number of benzene rings is 1. The Hall–Kier alpha value is -3.32. The molecule has 0 aromatic heterocycles. The van der Waals surface area contributed by atoms with Crippen LogP contribution in [0.2, 0.25) is 0 Å². The van der Waals surface area contributed by atoms with Crippen LogP contribution in [0.25, 0.3) is 0 Å². The van der Waals surface area contributed by atoms with Gasteiger partial charge in [0.2, 0.25) is 5.91 Å². The zero-order valence-electron chi connectivity index (χ0n) is 31.8. The Balaban J connectivity index is 1.59. The third-order valence-corrected chi connectivity index (χ3v) is 11.7. The van der Waals surface area contributed by atoms with E-state index in [0.717, 1.165) is 63.1 Å². The van der Waals surface area contributed by atoms with Gasteiger partial charge in [-0.05, 0) is 85.8 Å². The maximum Gasteiger partial charge on any atom is 0.243 e. The molecule has 3 aliphatic rings. The Morgan fingerprint density at radius 1 is 1.00 bits per heavy atom. The highest BCUT2D eigenvalue weighted by atomic mass is 16.2. The molecular weight excluding hydrogens is 606 g/mol. The number of carbonyl (C=O) groups is 2. The number of Topliss-reactive ketones (excluding diaryl/α,β-unsaturated/α-hetero) is 1. The summed E-state index contributed by atoms with van der Waals surface area (Å²) in [4.78, 5) is 29.0. The molecule has 270 valence electrons. The minimum absolute atomic E-state index is 0.00380. The molecule has 7 nitrogen and oxygen atoms in total. The van der Waals surface area contributed by atoms with Crippen LogP contribution in [0, 0.1) is 28.6 Å². The molecule has 1 aliphatic heterocycles. The zero-order chi connectivity index (χ0) is 36.3. The van der Waals surface area contributed by atoms with Crippen molar-refractivity contribution in [1.29, 1.82) is 0 Å². The molecule has 4 N–H and O–H groups in total. The maximum atomic E-state index is 14.4. The van der Waals surface area contributed by atoms with Gasteiger partial charge in [-0.2, -0.15) is 0 Å². The van der Waals surface area contributed by atoms with Gasteiger partial charge in [0.1, 0.15) is 6.04 Å². The molecule has 4 unspecified atom stereocenters. The van der Waals surface area contributed by atoms with Gasteiger partial charge in [-0.25, -0.2) is 0 Å². The molecule has 7 heteroatoms. The molecule has 49 heavy (non-hydrogen) atoms. The van der Waals surface area contributed by atoms with E-state index in [0.29, 0.717) is 17.9 Å². The fourth-order valence-corrected chi connectivity index (χ4v) is 8.46. The molecule has 4 rings (SSSR count). The summed E-state index contributed by atoms with van der Waals surface area (Å²) in [6.07, 6.45) is 6.35. The molecule has 1 amide bonds. The lowest BCUT2D eigenvalue weighted by molar-refractivity contribution is -0.126. The minimum atomic E-state index is -0.360. The number of carbonyl (C=O) groups excluding carboxylic acids is 2. The first kappa shape index (κ1) is 38.5. The first-order valence-electron chi connectivity index (χ1n) is 18.6. The zero-order valence-corrected chi connectivity index (χ0v) is 31.8. The van der Waals surface area contributed by atoms with E-state index in [-0.39, 0.29) is 58.5 Å². The molecule has 2 aliphatic carbocycles. The molecule has 1 saturated carbocycles. The van der Waals surface area contributed by atoms with Crippen molar-refractivity contribution in [2.75, 3.05) is 20.1 Å². The number of amides is 1. The first-order chi connectivity index (χ1) is 23.0. The van der Waals surface area contributed by atoms with Crippen molar-refractivity contribution in [1.82, 2.24) is 26.2 Å². The summed E-state index contributed by atoms with van der Waals surface area (Å²) in [6.45, 7) is 34.2. The highest BCUT2D eigenvalue weighted by Crippen LogP contribution is 2.65. The molecule has 0 spiro atoms. The summed E-state index contributed by atoms with van der Waals surface area (Å²) >= 11 is 0. The number of likely N-dealkylation sites (tertiary alicyclic amines) is 1. The summed E-state index contributed by atoms with van der Waals surface area (Å²) < 4.78 is 0. The number of nitrogens with zero attached hydrogens (tertiary/aromatic N) is 1. The molecule has 2 fully saturated rings. The average molecular weight is 672 g/mol. The van der Waals surface area contributed by atoms with Gasteiger partial charge >= 0.3 is 0 Å². The van der Waals surface area contributed by atoms with Crippen molar-refractivity contribution in [3.05, 3.63) is 84.4 Å². The van der Waals surface area contributed by atoms with Crippen molar-refractivity contribution >= 4 is 11.7 Å². The fourth-order valence-electron chi connectivity index (χ4n) is 8.46. The molecule has 1 aromatic carbocycles. The van der Waals surface area contributed by atoms with E-state index in [4.69, 9.17) is 6.58 Å². The fraction of sp³-hybridized carbons (Fsp3) is 0.619. The summed E-state index contributed by atoms with van der Waals surface area (Å²) in [5.74, 6) is 1.57. The lowest BCUT2D eigenvalue weighted by Gasteiger charge is -2.40. The lowest BCUT2D eigenvalue weighted by atomic mass is 9.83. The number of hydrogen-bond acceptors (Lipinski definition) is 6. The van der Waals surface area contributed by atoms with E-state index in [1.54, 1.807) is 0 Å². The molecule has 1 aromatic rings. The predicted molar refractivity (Wildman–Crippen MR) is 204 cm³/mol. The standard InChI is InChI=1S/C42H65N5O2/c1-13-14-19-35(27(3)29(5)48)46-40(49)39-37-34(42(37,10)11)25-47(39)28(4)38(33-22-31-17-15-16-18-32(31)23-33)45-30(6)44-36(41(7,8)9)21-20-26(2)24-43-12/h15-18,33-39,43-45H,2-4,6,13-14,19-25H2,1,5,7-12H3,(H,46,49)/t34-,35?,36?,37-,38?,39?/m0/s1. The van der Waals surface area contributed by atoms with Crippen LogP contribution in [-0.4, -0.2) is 60.9 Å². The number of rotatable bonds is 19. The molecule has 0 radical (unpaired) electrons. The third kappa shape index (κ3) is 8.89. The van der Waals surface area contributed by atoms with E-state index in [2.05, 4.69) is 112 Å². The molecule has 6 atom stereocenters. The number of hydrogen-bond donors (Lipinski definition) is 4. The van der Waals surface area contributed by atoms with E-state index >= 15 is 0 Å². The number of piperidine rings is 1. The second kappa shape index (κ2) is 15.7. The van der Waals surface area contributed by atoms with Gasteiger partial charge in [0.05, 0.1) is 17.9 Å². The van der Waals surface area contributed by atoms with Gasteiger partial charge in [-0.3, -0.25) is 9.59 Å². The van der Waals surface area contributed by atoms with E-state index in [9.17, 15) is 9.59 Å². The second-order valence-electron chi connectivity index (χ2n) is 16.7. The monoisotopic (exact) mass is 672 g/mol. The smallest absolute Gasteiger partial charge is 0.243 e. The normalized spacial score (nSPS) is 22.7. The maximum absolute atomic E-state index is 14.4. The van der Waals surface area contributed by atoms with Crippen molar-refractivity contribution in [3.8, 4) is 0 Å². The van der Waals surface area contributed by atoms with Crippen LogP contribution in [0.1, 0.15) is 91.7 Å². The summed E-state index contributed by atoms with van der Waals surface area (Å²) in [6, 6.07) is 8.06. The number of nitrogens with one attached hydrogen (secondary N) is 4. The van der Waals surface area contributed by atoms with Crippen molar-refractivity contribution in [2.45, 2.75) is 118 Å². The number of ketones is 1. The van der Waals surface area contributed by atoms with Crippen molar-refractivity contribution in [3.63, 3.8) is 0 Å². The Labute approximate surface area is 297 Å². The van der Waals surface area contributed by atoms with Gasteiger partial charge in [0.15, 0.2) is 5.78 Å². The largest absolute Gasteiger partial charge is 0.369 e. The topological polar surface area (TPSA) is 85.5 Å². The van der Waals surface area contributed by atoms with Crippen LogP contribution in [0.15, 0.2) is 73.2 Å². The van der Waals surface area contributed by atoms with Crippen LogP contribution in [-0.2, 0) is 22.4 Å². The van der Waals surface area contributed by atoms with E-state index in [1.807, 2.05) is 7.05 Å². The highest BCUT2D eigenvalue weighted by Gasteiger charge is 2.69. The third-order valence-electron chi connectivity index (χ3n) is 11.7. The average Bonchev–Trinajstić information content (AvgIpc) is 3.39. The Kier molecular flexibility index (Phi) is 12.3. The highest BCUT2D eigenvalue weighted by molar-refractivity contribution is 5.95. The quantitative estimate of drug-likeness (QED) is 0.0971. The Morgan fingerprint density at radius 2 is 1.63 bits per heavy atom. The summed E-state index contributed by atoms with van der Waals surface area (Å²) in [5.41, 5.74) is 5.44. The number of unbranched alkanes of at least 4 members (excludes halogenated alkanes) is 1. The molecule has 1 heterocycles. The second-order valence-corrected chi connectivity index (χ2v) is 16.7. The molecular formula is C42H65N5O2. The Morgan fingerprint density at radius 3 is 2.18 bits per heavy atom. The first-order valence-corrected chi connectivity index (χ1v) is 18.6. The summed E-state index contributed by atoms with van der Waals surface area (Å²) in [7, 11) is 1.96. The lowest BCUT2D eigenvalue weighted by Crippen LogP contribution is -2.54.